The van der Waals surface area contributed by atoms with Crippen LogP contribution < -0.4 is 10.5 Å². The van der Waals surface area contributed by atoms with E-state index in [0.29, 0.717) is 31.6 Å². The summed E-state index contributed by atoms with van der Waals surface area (Å²) < 4.78 is 6.93. The standard InChI is InChI=1S/C15H19N3O2/c1-20-13-5-2-12(3-6-13)4-7-15(19)14-10-18(9-8-16)11-17-14/h2-3,5-6,10-11H,4,7-9,16H2,1H3. The van der Waals surface area contributed by atoms with Gasteiger partial charge < -0.3 is 15.0 Å². The number of imidazole rings is 1. The van der Waals surface area contributed by atoms with Crippen LogP contribution in [0.3, 0.4) is 0 Å². The molecule has 0 saturated heterocycles. The predicted molar refractivity (Wildman–Crippen MR) is 76.9 cm³/mol. The number of aromatic nitrogens is 2. The minimum atomic E-state index is 0.0524. The molecule has 20 heavy (non-hydrogen) atoms. The van der Waals surface area contributed by atoms with Gasteiger partial charge in [0.05, 0.1) is 13.4 Å². The van der Waals surface area contributed by atoms with Gasteiger partial charge in [0.1, 0.15) is 11.4 Å². The second kappa shape index (κ2) is 6.86. The number of benzene rings is 1. The van der Waals surface area contributed by atoms with Crippen molar-refractivity contribution < 1.29 is 9.53 Å². The lowest BCUT2D eigenvalue weighted by atomic mass is 10.1. The summed E-state index contributed by atoms with van der Waals surface area (Å²) in [6, 6.07) is 7.74. The number of carbonyl (C=O) groups excluding carboxylic acids is 1. The summed E-state index contributed by atoms with van der Waals surface area (Å²) >= 11 is 0. The van der Waals surface area contributed by atoms with E-state index < -0.39 is 0 Å². The number of hydrogen-bond donors (Lipinski definition) is 1. The highest BCUT2D eigenvalue weighted by atomic mass is 16.5. The second-order valence-corrected chi connectivity index (χ2v) is 4.56. The first-order chi connectivity index (χ1) is 9.72. The number of carbonyl (C=O) groups is 1. The van der Waals surface area contributed by atoms with Crippen LogP contribution in [0.25, 0.3) is 0 Å². The van der Waals surface area contributed by atoms with Crippen molar-refractivity contribution in [1.29, 1.82) is 0 Å². The van der Waals surface area contributed by atoms with Crippen molar-refractivity contribution in [1.82, 2.24) is 9.55 Å². The SMILES string of the molecule is COc1ccc(CCC(=O)c2cn(CCN)cn2)cc1. The Morgan fingerprint density at radius 2 is 2.10 bits per heavy atom. The third kappa shape index (κ3) is 3.68. The van der Waals surface area contributed by atoms with Gasteiger partial charge in [-0.1, -0.05) is 12.1 Å². The Bertz CT molecular complexity index is 561. The summed E-state index contributed by atoms with van der Waals surface area (Å²) in [5, 5.41) is 0. The molecule has 5 heteroatoms. The van der Waals surface area contributed by atoms with E-state index >= 15 is 0 Å². The summed E-state index contributed by atoms with van der Waals surface area (Å²) in [4.78, 5) is 16.1. The molecule has 2 N–H and O–H groups in total. The first-order valence-electron chi connectivity index (χ1n) is 6.61. The third-order valence-corrected chi connectivity index (χ3v) is 3.11. The highest BCUT2D eigenvalue weighted by Gasteiger charge is 2.09. The molecule has 2 rings (SSSR count). The largest absolute Gasteiger partial charge is 0.497 e. The van der Waals surface area contributed by atoms with Gasteiger partial charge in [-0.05, 0) is 24.1 Å². The molecule has 106 valence electrons. The molecule has 0 amide bonds. The fourth-order valence-electron chi connectivity index (χ4n) is 1.95. The van der Waals surface area contributed by atoms with Crippen LogP contribution in [0.4, 0.5) is 0 Å². The van der Waals surface area contributed by atoms with Gasteiger partial charge in [-0.25, -0.2) is 4.98 Å². The van der Waals surface area contributed by atoms with E-state index in [9.17, 15) is 4.79 Å². The summed E-state index contributed by atoms with van der Waals surface area (Å²) in [5.41, 5.74) is 7.08. The van der Waals surface area contributed by atoms with Crippen LogP contribution in [0, 0.1) is 0 Å². The first-order valence-corrected chi connectivity index (χ1v) is 6.61. The number of ketones is 1. The molecule has 1 heterocycles. The van der Waals surface area contributed by atoms with E-state index in [1.54, 1.807) is 19.6 Å². The Labute approximate surface area is 118 Å². The van der Waals surface area contributed by atoms with Gasteiger partial charge in [0, 0.05) is 25.7 Å². The van der Waals surface area contributed by atoms with Crippen molar-refractivity contribution in [2.24, 2.45) is 5.73 Å². The van der Waals surface area contributed by atoms with Crippen molar-refractivity contribution in [3.63, 3.8) is 0 Å². The number of aryl methyl sites for hydroxylation is 1. The Balaban J connectivity index is 1.90. The van der Waals surface area contributed by atoms with Crippen LogP contribution >= 0.6 is 0 Å². The number of ether oxygens (including phenoxy) is 1. The number of nitrogens with zero attached hydrogens (tertiary/aromatic N) is 2. The van der Waals surface area contributed by atoms with Crippen molar-refractivity contribution in [3.8, 4) is 5.75 Å². The molecule has 0 radical (unpaired) electrons. The van der Waals surface area contributed by atoms with E-state index in [-0.39, 0.29) is 5.78 Å². The molecule has 0 spiro atoms. The highest BCUT2D eigenvalue weighted by Crippen LogP contribution is 2.13. The molecule has 0 aliphatic rings. The monoisotopic (exact) mass is 273 g/mol. The summed E-state index contributed by atoms with van der Waals surface area (Å²) in [7, 11) is 1.64. The normalized spacial score (nSPS) is 10.5. The molecule has 0 aliphatic carbocycles. The van der Waals surface area contributed by atoms with Crippen LogP contribution in [-0.2, 0) is 13.0 Å². The lowest BCUT2D eigenvalue weighted by Gasteiger charge is -2.02. The van der Waals surface area contributed by atoms with Crippen LogP contribution in [0.5, 0.6) is 5.75 Å². The fourth-order valence-corrected chi connectivity index (χ4v) is 1.95. The van der Waals surface area contributed by atoms with Gasteiger partial charge in [-0.15, -0.1) is 0 Å². The van der Waals surface area contributed by atoms with Gasteiger partial charge in [0.15, 0.2) is 5.78 Å². The van der Waals surface area contributed by atoms with E-state index in [4.69, 9.17) is 10.5 Å². The number of methoxy groups -OCH3 is 1. The molecule has 0 atom stereocenters. The zero-order chi connectivity index (χ0) is 14.4. The Morgan fingerprint density at radius 1 is 1.35 bits per heavy atom. The van der Waals surface area contributed by atoms with E-state index in [2.05, 4.69) is 4.98 Å². The lowest BCUT2D eigenvalue weighted by Crippen LogP contribution is -2.08. The van der Waals surface area contributed by atoms with Gasteiger partial charge in [0.25, 0.3) is 0 Å². The second-order valence-electron chi connectivity index (χ2n) is 4.56. The maximum atomic E-state index is 12.0. The first kappa shape index (κ1) is 14.3. The topological polar surface area (TPSA) is 70.1 Å². The molecule has 1 aromatic carbocycles. The van der Waals surface area contributed by atoms with Crippen LogP contribution in [0.1, 0.15) is 22.5 Å². The van der Waals surface area contributed by atoms with Crippen molar-refractivity contribution in [2.75, 3.05) is 13.7 Å². The highest BCUT2D eigenvalue weighted by molar-refractivity contribution is 5.94. The molecule has 0 bridgehead atoms. The van der Waals surface area contributed by atoms with Crippen molar-refractivity contribution >= 4 is 5.78 Å². The van der Waals surface area contributed by atoms with Crippen LogP contribution in [0.2, 0.25) is 0 Å². The molecule has 0 saturated carbocycles. The van der Waals surface area contributed by atoms with Gasteiger partial charge in [-0.3, -0.25) is 4.79 Å². The quantitative estimate of drug-likeness (QED) is 0.779. The van der Waals surface area contributed by atoms with E-state index in [1.165, 1.54) is 0 Å². The molecular weight excluding hydrogens is 254 g/mol. The minimum Gasteiger partial charge on any atom is -0.497 e. The van der Waals surface area contributed by atoms with Gasteiger partial charge in [-0.2, -0.15) is 0 Å². The molecule has 0 fully saturated rings. The Kier molecular flexibility index (Phi) is 4.90. The van der Waals surface area contributed by atoms with Crippen LogP contribution in [0.15, 0.2) is 36.8 Å². The van der Waals surface area contributed by atoms with E-state index in [1.807, 2.05) is 28.8 Å². The molecule has 0 unspecified atom stereocenters. The van der Waals surface area contributed by atoms with Crippen LogP contribution in [-0.4, -0.2) is 29.0 Å². The van der Waals surface area contributed by atoms with Gasteiger partial charge >= 0.3 is 0 Å². The summed E-state index contributed by atoms with van der Waals surface area (Å²) in [6.07, 6.45) is 4.55. The molecule has 1 aromatic heterocycles. The Morgan fingerprint density at radius 3 is 2.75 bits per heavy atom. The predicted octanol–water partition coefficient (Wildman–Crippen LogP) is 1.67. The Hall–Kier alpha value is -2.14. The van der Waals surface area contributed by atoms with E-state index in [0.717, 1.165) is 11.3 Å². The molecule has 5 nitrogen and oxygen atoms in total. The summed E-state index contributed by atoms with van der Waals surface area (Å²) in [6.45, 7) is 1.22. The maximum absolute atomic E-state index is 12.0. The number of rotatable bonds is 7. The average molecular weight is 273 g/mol. The fraction of sp³-hybridized carbons (Fsp3) is 0.333. The number of Topliss-reactive ketones (excluding diaryl/α,β-unsaturated/α-hetero) is 1. The maximum Gasteiger partial charge on any atom is 0.183 e. The molecule has 0 aliphatic heterocycles. The number of nitrogens with two attached hydrogens (primary N) is 1. The average Bonchev–Trinajstić information content (AvgIpc) is 2.94. The minimum absolute atomic E-state index is 0.0524. The molecule has 2 aromatic rings. The summed E-state index contributed by atoms with van der Waals surface area (Å²) in [5.74, 6) is 0.872. The zero-order valence-electron chi connectivity index (χ0n) is 11.6. The van der Waals surface area contributed by atoms with Gasteiger partial charge in [0.2, 0.25) is 0 Å². The molecular formula is C15H19N3O2. The third-order valence-electron chi connectivity index (χ3n) is 3.11. The van der Waals surface area contributed by atoms with Crippen molar-refractivity contribution in [2.45, 2.75) is 19.4 Å². The smallest absolute Gasteiger partial charge is 0.183 e. The van der Waals surface area contributed by atoms with Crippen molar-refractivity contribution in [3.05, 3.63) is 48.0 Å². The zero-order valence-corrected chi connectivity index (χ0v) is 11.6. The lowest BCUT2D eigenvalue weighted by molar-refractivity contribution is 0.0978. The number of hydrogen-bond acceptors (Lipinski definition) is 4.